The summed E-state index contributed by atoms with van der Waals surface area (Å²) < 4.78 is 5.08. The molecule has 2 aliphatic rings. The van der Waals surface area contributed by atoms with Gasteiger partial charge in [0.05, 0.1) is 12.2 Å². The number of hydrogen-bond acceptors (Lipinski definition) is 3. The van der Waals surface area contributed by atoms with Gasteiger partial charge in [0.15, 0.2) is 5.54 Å². The van der Waals surface area contributed by atoms with Crippen molar-refractivity contribution >= 4 is 22.7 Å². The second-order valence-electron chi connectivity index (χ2n) is 6.96. The van der Waals surface area contributed by atoms with Crippen LogP contribution < -0.4 is 0 Å². The van der Waals surface area contributed by atoms with Crippen LogP contribution in [0.2, 0.25) is 0 Å². The summed E-state index contributed by atoms with van der Waals surface area (Å²) in [7, 11) is 1.64. The lowest BCUT2D eigenvalue weighted by atomic mass is 9.83. The van der Waals surface area contributed by atoms with Crippen molar-refractivity contribution in [3.05, 3.63) is 35.5 Å². The average molecular weight is 341 g/mol. The molecule has 2 amide bonds. The molecule has 0 aliphatic carbocycles. The number of nitrogens with zero attached hydrogens (tertiary/aromatic N) is 2. The Bertz CT molecular complexity index is 844. The number of fused-ring (bicyclic) bond motifs is 5. The fourth-order valence-electron chi connectivity index (χ4n) is 4.26. The van der Waals surface area contributed by atoms with E-state index in [0.717, 1.165) is 35.0 Å². The number of methoxy groups -OCH3 is 1. The molecule has 0 bridgehead atoms. The third-order valence-corrected chi connectivity index (χ3v) is 5.53. The summed E-state index contributed by atoms with van der Waals surface area (Å²) >= 11 is 0. The third kappa shape index (κ3) is 2.28. The number of hydrogen-bond donors (Lipinski definition) is 1. The minimum absolute atomic E-state index is 0.00397. The Balaban J connectivity index is 1.78. The monoisotopic (exact) mass is 341 g/mol. The van der Waals surface area contributed by atoms with Gasteiger partial charge in [0.2, 0.25) is 5.91 Å². The fourth-order valence-corrected chi connectivity index (χ4v) is 4.26. The van der Waals surface area contributed by atoms with Crippen molar-refractivity contribution in [2.75, 3.05) is 33.4 Å². The first-order chi connectivity index (χ1) is 12.1. The minimum Gasteiger partial charge on any atom is -0.385 e. The number of H-pyrrole nitrogens is 1. The first kappa shape index (κ1) is 16.1. The van der Waals surface area contributed by atoms with Crippen molar-refractivity contribution in [2.24, 2.45) is 0 Å². The van der Waals surface area contributed by atoms with Crippen molar-refractivity contribution in [1.82, 2.24) is 14.8 Å². The first-order valence-corrected chi connectivity index (χ1v) is 8.76. The van der Waals surface area contributed by atoms with Gasteiger partial charge in [0, 0.05) is 37.7 Å². The number of ether oxygens (including phenoxy) is 1. The Kier molecular flexibility index (Phi) is 3.80. The summed E-state index contributed by atoms with van der Waals surface area (Å²) in [6.45, 7) is 3.74. The summed E-state index contributed by atoms with van der Waals surface area (Å²) in [5.74, 6) is 0.0135. The molecule has 6 nitrogen and oxygen atoms in total. The molecule has 0 saturated carbocycles. The van der Waals surface area contributed by atoms with Gasteiger partial charge in [-0.2, -0.15) is 0 Å². The Morgan fingerprint density at radius 3 is 2.88 bits per heavy atom. The van der Waals surface area contributed by atoms with Gasteiger partial charge >= 0.3 is 0 Å². The van der Waals surface area contributed by atoms with E-state index in [1.807, 2.05) is 25.1 Å². The molecule has 1 aromatic heterocycles. The van der Waals surface area contributed by atoms with Crippen LogP contribution >= 0.6 is 0 Å². The maximum absolute atomic E-state index is 13.3. The number of carbonyl (C=O) groups is 2. The highest BCUT2D eigenvalue weighted by molar-refractivity contribution is 6.00. The van der Waals surface area contributed by atoms with Crippen molar-refractivity contribution in [3.63, 3.8) is 0 Å². The zero-order valence-electron chi connectivity index (χ0n) is 14.7. The molecule has 0 radical (unpaired) electrons. The molecule has 132 valence electrons. The van der Waals surface area contributed by atoms with Crippen molar-refractivity contribution in [1.29, 1.82) is 0 Å². The van der Waals surface area contributed by atoms with E-state index in [-0.39, 0.29) is 18.4 Å². The standard InChI is InChI=1S/C19H23N3O3/c1-19-17-14(13-6-3-4-7-15(13)20-17)8-10-22(19)16(23)12-21(18(19)24)9-5-11-25-2/h3-4,6-7,20H,5,8-12H2,1-2H3/t19-/m1/s1. The zero-order valence-corrected chi connectivity index (χ0v) is 14.7. The number of nitrogens with one attached hydrogen (secondary N) is 1. The van der Waals surface area contributed by atoms with Gasteiger partial charge in [-0.15, -0.1) is 0 Å². The van der Waals surface area contributed by atoms with Crippen LogP contribution in [0.15, 0.2) is 24.3 Å². The Morgan fingerprint density at radius 2 is 2.08 bits per heavy atom. The number of piperazine rings is 1. The molecule has 1 atom stereocenters. The normalized spacial score (nSPS) is 23.1. The largest absolute Gasteiger partial charge is 0.385 e. The lowest BCUT2D eigenvalue weighted by Crippen LogP contribution is -2.67. The number of carbonyl (C=O) groups excluding carboxylic acids is 2. The lowest BCUT2D eigenvalue weighted by Gasteiger charge is -2.49. The van der Waals surface area contributed by atoms with Crippen LogP contribution in [0.3, 0.4) is 0 Å². The summed E-state index contributed by atoms with van der Waals surface area (Å²) in [4.78, 5) is 32.9. The van der Waals surface area contributed by atoms with Gasteiger partial charge < -0.3 is 19.5 Å². The van der Waals surface area contributed by atoms with E-state index in [0.29, 0.717) is 19.7 Å². The highest BCUT2D eigenvalue weighted by Gasteiger charge is 2.53. The molecule has 25 heavy (non-hydrogen) atoms. The summed E-state index contributed by atoms with van der Waals surface area (Å²) in [6.07, 6.45) is 1.50. The molecule has 0 unspecified atom stereocenters. The van der Waals surface area contributed by atoms with E-state index in [2.05, 4.69) is 11.1 Å². The van der Waals surface area contributed by atoms with Crippen LogP contribution in [-0.2, 0) is 26.3 Å². The topological polar surface area (TPSA) is 65.6 Å². The van der Waals surface area contributed by atoms with E-state index in [4.69, 9.17) is 4.74 Å². The maximum Gasteiger partial charge on any atom is 0.254 e. The quantitative estimate of drug-likeness (QED) is 0.860. The Morgan fingerprint density at radius 1 is 1.28 bits per heavy atom. The Labute approximate surface area is 146 Å². The van der Waals surface area contributed by atoms with Gasteiger partial charge in [0.25, 0.3) is 5.91 Å². The van der Waals surface area contributed by atoms with Gasteiger partial charge in [-0.25, -0.2) is 0 Å². The SMILES string of the molecule is COCCCN1CC(=O)N2CCc3c([nH]c4ccccc34)[C@]2(C)C1=O. The van der Waals surface area contributed by atoms with Gasteiger partial charge in [-0.1, -0.05) is 18.2 Å². The molecule has 2 aliphatic heterocycles. The Hall–Kier alpha value is -2.34. The number of rotatable bonds is 4. The molecular formula is C19H23N3O3. The lowest BCUT2D eigenvalue weighted by molar-refractivity contribution is -0.166. The molecule has 1 fully saturated rings. The van der Waals surface area contributed by atoms with Gasteiger partial charge in [0.1, 0.15) is 0 Å². The molecular weight excluding hydrogens is 318 g/mol. The van der Waals surface area contributed by atoms with Crippen LogP contribution in [0.1, 0.15) is 24.6 Å². The predicted octanol–water partition coefficient (Wildman–Crippen LogP) is 1.65. The molecule has 6 heteroatoms. The first-order valence-electron chi connectivity index (χ1n) is 8.76. The van der Waals surface area contributed by atoms with Crippen LogP contribution in [-0.4, -0.2) is 59.9 Å². The van der Waals surface area contributed by atoms with E-state index in [9.17, 15) is 9.59 Å². The highest BCUT2D eigenvalue weighted by atomic mass is 16.5. The van der Waals surface area contributed by atoms with Crippen LogP contribution in [0.4, 0.5) is 0 Å². The zero-order chi connectivity index (χ0) is 17.6. The molecule has 1 saturated heterocycles. The average Bonchev–Trinajstić information content (AvgIpc) is 3.00. The smallest absolute Gasteiger partial charge is 0.254 e. The number of amides is 2. The second kappa shape index (κ2) is 5.88. The van der Waals surface area contributed by atoms with Crippen molar-refractivity contribution < 1.29 is 14.3 Å². The maximum atomic E-state index is 13.3. The summed E-state index contributed by atoms with van der Waals surface area (Å²) in [5, 5.41) is 1.15. The number of benzene rings is 1. The molecule has 0 spiro atoms. The highest BCUT2D eigenvalue weighted by Crippen LogP contribution is 2.41. The van der Waals surface area contributed by atoms with Crippen molar-refractivity contribution in [2.45, 2.75) is 25.3 Å². The number of para-hydroxylation sites is 1. The van der Waals surface area contributed by atoms with Crippen LogP contribution in [0.25, 0.3) is 10.9 Å². The fraction of sp³-hybridized carbons (Fsp3) is 0.474. The van der Waals surface area contributed by atoms with Crippen molar-refractivity contribution in [3.8, 4) is 0 Å². The summed E-state index contributed by atoms with van der Waals surface area (Å²) in [5.41, 5.74) is 2.10. The molecule has 1 N–H and O–H groups in total. The third-order valence-electron chi connectivity index (χ3n) is 5.53. The van der Waals surface area contributed by atoms with Gasteiger partial charge in [-0.3, -0.25) is 9.59 Å². The van der Waals surface area contributed by atoms with Crippen LogP contribution in [0.5, 0.6) is 0 Å². The predicted molar refractivity (Wildman–Crippen MR) is 94.1 cm³/mol. The number of aromatic nitrogens is 1. The molecule has 4 rings (SSSR count). The minimum atomic E-state index is -0.949. The van der Waals surface area contributed by atoms with E-state index < -0.39 is 5.54 Å². The number of aromatic amines is 1. The van der Waals surface area contributed by atoms with E-state index in [1.165, 1.54) is 0 Å². The van der Waals surface area contributed by atoms with Gasteiger partial charge in [-0.05, 0) is 31.4 Å². The molecule has 2 aromatic rings. The summed E-state index contributed by atoms with van der Waals surface area (Å²) in [6, 6.07) is 8.09. The van der Waals surface area contributed by atoms with E-state index >= 15 is 0 Å². The van der Waals surface area contributed by atoms with Crippen LogP contribution in [0, 0.1) is 0 Å². The second-order valence-corrected chi connectivity index (χ2v) is 6.96. The molecule has 1 aromatic carbocycles. The molecule has 3 heterocycles. The van der Waals surface area contributed by atoms with E-state index in [1.54, 1.807) is 16.9 Å².